The molecule has 72 heavy (non-hydrogen) atoms. The van der Waals surface area contributed by atoms with Crippen molar-refractivity contribution >= 4 is 59.9 Å². The second-order valence-electron chi connectivity index (χ2n) is 23.3. The van der Waals surface area contributed by atoms with Gasteiger partial charge in [0, 0.05) is 42.8 Å². The topological polar surface area (TPSA) is 205 Å². The van der Waals surface area contributed by atoms with Crippen molar-refractivity contribution < 1.29 is 71.1 Å². The van der Waals surface area contributed by atoms with Gasteiger partial charge in [0.2, 0.25) is 14.1 Å². The molecular weight excluding hydrogens is 983 g/mol. The van der Waals surface area contributed by atoms with Crippen molar-refractivity contribution in [1.82, 2.24) is 5.32 Å². The smallest absolute Gasteiger partial charge is 0.408 e. The van der Waals surface area contributed by atoms with E-state index < -0.39 is 121 Å². The molecule has 3 heterocycles. The van der Waals surface area contributed by atoms with Crippen LogP contribution in [0.15, 0.2) is 45.6 Å². The lowest BCUT2D eigenvalue weighted by Gasteiger charge is -2.74. The summed E-state index contributed by atoms with van der Waals surface area (Å²) in [6, 6.07) is 1.92. The van der Waals surface area contributed by atoms with Crippen LogP contribution in [0.4, 0.5) is 4.79 Å². The van der Waals surface area contributed by atoms with Gasteiger partial charge < -0.3 is 52.4 Å². The Morgan fingerprint density at radius 2 is 1.62 bits per heavy atom. The Bertz CT molecular complexity index is 2210. The van der Waals surface area contributed by atoms with Crippen LogP contribution in [-0.2, 0) is 52.0 Å². The first kappa shape index (κ1) is 57.9. The molecule has 12 atom stereocenters. The van der Waals surface area contributed by atoms with E-state index in [4.69, 9.17) is 42.0 Å². The normalized spacial score (nSPS) is 31.3. The van der Waals surface area contributed by atoms with Crippen LogP contribution in [0.1, 0.15) is 147 Å². The highest BCUT2D eigenvalue weighted by molar-refractivity contribution is 8.76. The van der Waals surface area contributed by atoms with Crippen LogP contribution in [0.2, 0.25) is 16.6 Å². The van der Waals surface area contributed by atoms with Crippen molar-refractivity contribution in [2.24, 2.45) is 16.7 Å². The van der Waals surface area contributed by atoms with E-state index in [0.29, 0.717) is 29.7 Å². The summed E-state index contributed by atoms with van der Waals surface area (Å²) in [7, 11) is 0.267. The summed E-state index contributed by atoms with van der Waals surface area (Å²) in [6.07, 6.45) is -2.68. The van der Waals surface area contributed by atoms with Gasteiger partial charge >= 0.3 is 30.0 Å². The molecule has 404 valence electrons. The van der Waals surface area contributed by atoms with Crippen LogP contribution in [0.5, 0.6) is 0 Å². The number of carbonyl (C=O) groups excluding carboxylic acids is 5. The monoisotopic (exact) mass is 1060 g/mol. The number of hydrogen-bond acceptors (Lipinski definition) is 17. The van der Waals surface area contributed by atoms with E-state index >= 15 is 4.79 Å². The molecule has 2 saturated carbocycles. The molecule has 2 N–H and O–H groups in total. The van der Waals surface area contributed by atoms with Crippen molar-refractivity contribution in [2.45, 2.75) is 219 Å². The van der Waals surface area contributed by atoms with E-state index in [-0.39, 0.29) is 41.8 Å². The fraction of sp³-hybridized carbons (Fsp3) is 0.755. The molecule has 0 aromatic carbocycles. The number of fused-ring (bicyclic) bond motifs is 4. The van der Waals surface area contributed by atoms with Crippen LogP contribution in [-0.4, -0.2) is 128 Å². The van der Waals surface area contributed by atoms with Gasteiger partial charge in [-0.1, -0.05) is 95.6 Å². The quantitative estimate of drug-likeness (QED) is 0.0330. The summed E-state index contributed by atoms with van der Waals surface area (Å²) < 4.78 is 58.1. The first-order valence-electron chi connectivity index (χ1n) is 25.4. The Labute approximate surface area is 435 Å². The third-order valence-electron chi connectivity index (χ3n) is 16.1. The molecule has 0 unspecified atom stereocenters. The number of amides is 1. The standard InChI is InChI=1S/C53H81NO15S2Si/c1-28(2)24-34(54-48(59)68-49(11,12)13)41(69-72(29(3)4,30(5)6)31(7)8)47(58)63-36-26-53(60)45(66-46(57)35-20-18-22-61-35)43-51(16)37(25-38-52(43,27-62-38)67-33(10)55)64-44(51)42(40(32(36)9)50(53,14)15)65-39(56)21-19-23-71-70-17/h18,20,22,24,29-31,34,36-38,41-45,60H,19,21,23,25-27H2,1-17H3,(H,54,59)/t34-,36-,37+,38+,41+,42+,43-,44-,45-,51+,52-,53+/m0/s1. The zero-order valence-electron chi connectivity index (χ0n) is 45.5. The number of furan rings is 1. The van der Waals surface area contributed by atoms with Crippen LogP contribution in [0.3, 0.4) is 0 Å². The SMILES string of the molecule is CSSCCCC(=O)O[C@@H]1C2=C(C)[C@@H](OC(=O)[C@H](O[Si](C(C)C)(C(C)C)C(C)C)[C@H](C=C(C)C)NC(=O)OC(C)(C)C)C[C@@](O)([C@@H](OC(=O)c3ccco3)[C@@H]3[C@]4(OC(C)=O)CO[C@@H]4C[C@H]4O[C@@H]1[C@@]34C)C2(C)C. The van der Waals surface area contributed by atoms with Gasteiger partial charge in [0.1, 0.15) is 35.6 Å². The molecule has 16 nitrogen and oxygen atoms in total. The lowest BCUT2D eigenvalue weighted by Crippen LogP contribution is -2.86. The first-order valence-corrected chi connectivity index (χ1v) is 30.3. The molecule has 19 heteroatoms. The minimum atomic E-state index is -2.97. The largest absolute Gasteiger partial charge is 0.457 e. The Morgan fingerprint density at radius 1 is 0.972 bits per heavy atom. The number of nitrogens with one attached hydrogen (secondary N) is 1. The number of carbonyl (C=O) groups is 5. The van der Waals surface area contributed by atoms with Gasteiger partial charge in [-0.15, -0.1) is 0 Å². The van der Waals surface area contributed by atoms with Gasteiger partial charge in [0.25, 0.3) is 0 Å². The van der Waals surface area contributed by atoms with Gasteiger partial charge in [-0.05, 0) is 94.1 Å². The Kier molecular flexibility index (Phi) is 17.5. The molecule has 2 saturated heterocycles. The Balaban J connectivity index is 1.59. The molecule has 3 aliphatic carbocycles. The molecular formula is C53H81NO15S2Si. The van der Waals surface area contributed by atoms with Crippen molar-refractivity contribution in [3.63, 3.8) is 0 Å². The zero-order valence-corrected chi connectivity index (χ0v) is 48.1. The number of allylic oxidation sites excluding steroid dienone is 1. The predicted molar refractivity (Wildman–Crippen MR) is 277 cm³/mol. The molecule has 2 bridgehead atoms. The highest BCUT2D eigenvalue weighted by Crippen LogP contribution is 2.69. The first-order chi connectivity index (χ1) is 33.4. The van der Waals surface area contributed by atoms with Gasteiger partial charge in [-0.25, -0.2) is 14.4 Å². The average Bonchev–Trinajstić information content (AvgIpc) is 3.79. The minimum Gasteiger partial charge on any atom is -0.457 e. The summed E-state index contributed by atoms with van der Waals surface area (Å²) in [5, 5.41) is 17.1. The number of esters is 4. The third-order valence-corrected chi connectivity index (χ3v) is 24.1. The summed E-state index contributed by atoms with van der Waals surface area (Å²) >= 11 is 0. The van der Waals surface area contributed by atoms with Crippen LogP contribution >= 0.6 is 21.6 Å². The van der Waals surface area contributed by atoms with Crippen LogP contribution in [0.25, 0.3) is 0 Å². The molecule has 1 aromatic rings. The summed E-state index contributed by atoms with van der Waals surface area (Å²) in [6.45, 7) is 30.0. The van der Waals surface area contributed by atoms with E-state index in [1.165, 1.54) is 19.3 Å². The Hall–Kier alpha value is -3.33. The third kappa shape index (κ3) is 10.6. The maximum atomic E-state index is 15.7. The number of aliphatic hydroxyl groups is 1. The summed E-state index contributed by atoms with van der Waals surface area (Å²) in [5.74, 6) is -3.27. The summed E-state index contributed by atoms with van der Waals surface area (Å²) in [4.78, 5) is 71.4. The molecule has 1 amide bonds. The van der Waals surface area contributed by atoms with Crippen LogP contribution in [0, 0.1) is 16.7 Å². The van der Waals surface area contributed by atoms with E-state index in [9.17, 15) is 24.3 Å². The maximum absolute atomic E-state index is 15.7. The second-order valence-corrected chi connectivity index (χ2v) is 31.4. The van der Waals surface area contributed by atoms with Crippen molar-refractivity contribution in [3.8, 4) is 0 Å². The lowest BCUT2D eigenvalue weighted by atomic mass is 9.42. The Morgan fingerprint density at radius 3 is 2.15 bits per heavy atom. The number of rotatable bonds is 19. The number of ether oxygens (including phenoxy) is 7. The van der Waals surface area contributed by atoms with Gasteiger partial charge in [0.05, 0.1) is 30.9 Å². The highest BCUT2D eigenvalue weighted by atomic mass is 33.1. The lowest BCUT2D eigenvalue weighted by molar-refractivity contribution is -0.416. The molecule has 5 aliphatic rings. The zero-order chi connectivity index (χ0) is 53.7. The predicted octanol–water partition coefficient (Wildman–Crippen LogP) is 9.83. The van der Waals surface area contributed by atoms with E-state index in [2.05, 4.69) is 46.9 Å². The molecule has 1 aromatic heterocycles. The second kappa shape index (κ2) is 21.7. The minimum absolute atomic E-state index is 0.00711. The maximum Gasteiger partial charge on any atom is 0.408 e. The number of hydrogen-bond donors (Lipinski definition) is 2. The molecule has 4 fully saturated rings. The average molecular weight is 1060 g/mol. The van der Waals surface area contributed by atoms with E-state index in [1.54, 1.807) is 75.3 Å². The van der Waals surface area contributed by atoms with E-state index in [1.807, 2.05) is 27.0 Å². The van der Waals surface area contributed by atoms with Crippen molar-refractivity contribution in [2.75, 3.05) is 18.6 Å². The number of alkyl carbamates (subject to hydrolysis) is 1. The van der Waals surface area contributed by atoms with Gasteiger partial charge in [-0.3, -0.25) is 9.59 Å². The van der Waals surface area contributed by atoms with E-state index in [0.717, 1.165) is 5.57 Å². The molecule has 0 radical (unpaired) electrons. The molecule has 0 spiro atoms. The van der Waals surface area contributed by atoms with Crippen molar-refractivity contribution in [1.29, 1.82) is 0 Å². The van der Waals surface area contributed by atoms with Crippen LogP contribution < -0.4 is 5.32 Å². The van der Waals surface area contributed by atoms with Gasteiger partial charge in [0.15, 0.2) is 17.8 Å². The summed E-state index contributed by atoms with van der Waals surface area (Å²) in [5.41, 5.74) is -5.27. The van der Waals surface area contributed by atoms with Gasteiger partial charge in [-0.2, -0.15) is 0 Å². The molecule has 2 aliphatic heterocycles. The van der Waals surface area contributed by atoms with Crippen molar-refractivity contribution in [3.05, 3.63) is 47.0 Å². The fourth-order valence-electron chi connectivity index (χ4n) is 13.0. The molecule has 6 rings (SSSR count). The highest BCUT2D eigenvalue weighted by Gasteiger charge is 2.82. The fourth-order valence-corrected chi connectivity index (χ4v) is 19.8.